The molecule has 64 valence electrons. The Balaban J connectivity index is 2.88. The van der Waals surface area contributed by atoms with Crippen LogP contribution in [0.3, 0.4) is 0 Å². The normalized spacial score (nSPS) is 15.2. The molecular formula is C11H13I. The minimum Gasteiger partial charge on any atom is -0.102 e. The van der Waals surface area contributed by atoms with Gasteiger partial charge in [0, 0.05) is 9.84 Å². The maximum atomic E-state index is 3.85. The predicted molar refractivity (Wildman–Crippen MR) is 62.9 cm³/mol. The van der Waals surface area contributed by atoms with Gasteiger partial charge in [0.05, 0.1) is 0 Å². The maximum absolute atomic E-state index is 3.85. The molecule has 0 N–H and O–H groups in total. The molecule has 1 aromatic rings. The molecule has 0 heterocycles. The van der Waals surface area contributed by atoms with Crippen molar-refractivity contribution in [1.82, 2.24) is 0 Å². The number of hydrogen-bond acceptors (Lipinski definition) is 0. The number of benzene rings is 1. The zero-order valence-electron chi connectivity index (χ0n) is 7.20. The summed E-state index contributed by atoms with van der Waals surface area (Å²) in [6.07, 6.45) is 2.02. The molecule has 0 aliphatic carbocycles. The second-order valence-electron chi connectivity index (χ2n) is 2.85. The highest BCUT2D eigenvalue weighted by molar-refractivity contribution is 14.1. The van der Waals surface area contributed by atoms with E-state index in [-0.39, 0.29) is 0 Å². The first kappa shape index (κ1) is 9.78. The van der Waals surface area contributed by atoms with Crippen LogP contribution >= 0.6 is 22.6 Å². The first-order valence-corrected chi connectivity index (χ1v) is 5.32. The van der Waals surface area contributed by atoms with Gasteiger partial charge in [0.1, 0.15) is 0 Å². The zero-order chi connectivity index (χ0) is 8.97. The minimum atomic E-state index is 0.479. The SMILES string of the molecule is C=CC(c1ccccc1)C(C)I. The molecular weight excluding hydrogens is 259 g/mol. The Labute approximate surface area is 87.8 Å². The molecule has 0 spiro atoms. The Morgan fingerprint density at radius 2 is 1.92 bits per heavy atom. The van der Waals surface area contributed by atoms with Gasteiger partial charge in [0.25, 0.3) is 0 Å². The van der Waals surface area contributed by atoms with E-state index in [2.05, 4.69) is 60.4 Å². The van der Waals surface area contributed by atoms with Crippen molar-refractivity contribution in [1.29, 1.82) is 0 Å². The van der Waals surface area contributed by atoms with E-state index in [1.54, 1.807) is 0 Å². The van der Waals surface area contributed by atoms with Crippen LogP contribution in [0.1, 0.15) is 18.4 Å². The van der Waals surface area contributed by atoms with Gasteiger partial charge in [-0.3, -0.25) is 0 Å². The molecule has 0 saturated carbocycles. The van der Waals surface area contributed by atoms with Crippen molar-refractivity contribution in [3.05, 3.63) is 48.6 Å². The number of halogens is 1. The van der Waals surface area contributed by atoms with Crippen LogP contribution in [0.4, 0.5) is 0 Å². The van der Waals surface area contributed by atoms with E-state index in [1.165, 1.54) is 5.56 Å². The number of alkyl halides is 1. The largest absolute Gasteiger partial charge is 0.102 e. The van der Waals surface area contributed by atoms with Crippen molar-refractivity contribution in [3.8, 4) is 0 Å². The molecule has 12 heavy (non-hydrogen) atoms. The summed E-state index contributed by atoms with van der Waals surface area (Å²) < 4.78 is 0.600. The molecule has 0 aromatic heterocycles. The molecule has 0 saturated heterocycles. The summed E-state index contributed by atoms with van der Waals surface area (Å²) in [5.74, 6) is 0.479. The molecule has 0 nitrogen and oxygen atoms in total. The Kier molecular flexibility index (Phi) is 3.79. The van der Waals surface area contributed by atoms with Gasteiger partial charge in [-0.2, -0.15) is 0 Å². The van der Waals surface area contributed by atoms with E-state index in [0.717, 1.165) is 0 Å². The van der Waals surface area contributed by atoms with E-state index in [0.29, 0.717) is 9.84 Å². The smallest absolute Gasteiger partial charge is 0.0185 e. The summed E-state index contributed by atoms with van der Waals surface area (Å²) in [7, 11) is 0. The Bertz CT molecular complexity index is 238. The van der Waals surface area contributed by atoms with Crippen molar-refractivity contribution in [2.24, 2.45) is 0 Å². The van der Waals surface area contributed by atoms with Crippen LogP contribution in [-0.2, 0) is 0 Å². The molecule has 1 aromatic carbocycles. The lowest BCUT2D eigenvalue weighted by atomic mass is 9.97. The average Bonchev–Trinajstić information content (AvgIpc) is 2.07. The Morgan fingerprint density at radius 1 is 1.33 bits per heavy atom. The number of rotatable bonds is 3. The monoisotopic (exact) mass is 272 g/mol. The van der Waals surface area contributed by atoms with Gasteiger partial charge in [0.2, 0.25) is 0 Å². The van der Waals surface area contributed by atoms with Crippen LogP contribution in [0.5, 0.6) is 0 Å². The summed E-state index contributed by atoms with van der Waals surface area (Å²) in [5, 5.41) is 0. The lowest BCUT2D eigenvalue weighted by Gasteiger charge is -2.14. The summed E-state index contributed by atoms with van der Waals surface area (Å²) in [6.45, 7) is 6.06. The van der Waals surface area contributed by atoms with Crippen molar-refractivity contribution in [2.45, 2.75) is 16.8 Å². The van der Waals surface area contributed by atoms with Crippen LogP contribution in [0.25, 0.3) is 0 Å². The second-order valence-corrected chi connectivity index (χ2v) is 4.81. The molecule has 0 bridgehead atoms. The first-order chi connectivity index (χ1) is 5.75. The van der Waals surface area contributed by atoms with E-state index < -0.39 is 0 Å². The van der Waals surface area contributed by atoms with Crippen LogP contribution in [0.2, 0.25) is 0 Å². The summed E-state index contributed by atoms with van der Waals surface area (Å²) in [6, 6.07) is 10.5. The van der Waals surface area contributed by atoms with Gasteiger partial charge in [-0.25, -0.2) is 0 Å². The highest BCUT2D eigenvalue weighted by Crippen LogP contribution is 2.25. The van der Waals surface area contributed by atoms with Gasteiger partial charge in [-0.1, -0.05) is 65.9 Å². The Hall–Kier alpha value is -0.310. The zero-order valence-corrected chi connectivity index (χ0v) is 9.36. The van der Waals surface area contributed by atoms with Crippen molar-refractivity contribution in [3.63, 3.8) is 0 Å². The number of hydrogen-bond donors (Lipinski definition) is 0. The van der Waals surface area contributed by atoms with Crippen LogP contribution in [0.15, 0.2) is 43.0 Å². The third kappa shape index (κ3) is 2.34. The molecule has 1 rings (SSSR count). The Morgan fingerprint density at radius 3 is 2.33 bits per heavy atom. The topological polar surface area (TPSA) is 0 Å². The molecule has 0 amide bonds. The lowest BCUT2D eigenvalue weighted by Crippen LogP contribution is -2.04. The van der Waals surface area contributed by atoms with Gasteiger partial charge >= 0.3 is 0 Å². The number of allylic oxidation sites excluding steroid dienone is 1. The van der Waals surface area contributed by atoms with Crippen LogP contribution in [-0.4, -0.2) is 3.92 Å². The molecule has 2 unspecified atom stereocenters. The van der Waals surface area contributed by atoms with E-state index in [9.17, 15) is 0 Å². The molecule has 0 aliphatic heterocycles. The van der Waals surface area contributed by atoms with Gasteiger partial charge < -0.3 is 0 Å². The highest BCUT2D eigenvalue weighted by Gasteiger charge is 2.11. The van der Waals surface area contributed by atoms with E-state index in [1.807, 2.05) is 12.1 Å². The molecule has 1 heteroatoms. The van der Waals surface area contributed by atoms with Gasteiger partial charge in [0.15, 0.2) is 0 Å². The van der Waals surface area contributed by atoms with Crippen LogP contribution in [0, 0.1) is 0 Å². The van der Waals surface area contributed by atoms with Crippen molar-refractivity contribution >= 4 is 22.6 Å². The van der Waals surface area contributed by atoms with Crippen molar-refractivity contribution in [2.75, 3.05) is 0 Å². The summed E-state index contributed by atoms with van der Waals surface area (Å²) in [5.41, 5.74) is 1.36. The fraction of sp³-hybridized carbons (Fsp3) is 0.273. The standard InChI is InChI=1S/C11H13I/c1-3-11(9(2)12)10-7-5-4-6-8-10/h3-9,11H,1H2,2H3. The fourth-order valence-electron chi connectivity index (χ4n) is 1.26. The lowest BCUT2D eigenvalue weighted by molar-refractivity contribution is 0.853. The average molecular weight is 272 g/mol. The van der Waals surface area contributed by atoms with Crippen molar-refractivity contribution < 1.29 is 0 Å². The highest BCUT2D eigenvalue weighted by atomic mass is 127. The first-order valence-electron chi connectivity index (χ1n) is 4.07. The summed E-state index contributed by atoms with van der Waals surface area (Å²) >= 11 is 2.44. The van der Waals surface area contributed by atoms with E-state index >= 15 is 0 Å². The van der Waals surface area contributed by atoms with Gasteiger partial charge in [-0.15, -0.1) is 6.58 Å². The second kappa shape index (κ2) is 4.65. The quantitative estimate of drug-likeness (QED) is 0.446. The third-order valence-corrected chi connectivity index (χ3v) is 2.71. The van der Waals surface area contributed by atoms with E-state index in [4.69, 9.17) is 0 Å². The molecule has 2 atom stereocenters. The maximum Gasteiger partial charge on any atom is 0.0185 e. The third-order valence-electron chi connectivity index (χ3n) is 1.93. The predicted octanol–water partition coefficient (Wildman–Crippen LogP) is 3.78. The minimum absolute atomic E-state index is 0.479. The van der Waals surface area contributed by atoms with Gasteiger partial charge in [-0.05, 0) is 5.56 Å². The molecule has 0 radical (unpaired) electrons. The molecule has 0 aliphatic rings. The summed E-state index contributed by atoms with van der Waals surface area (Å²) in [4.78, 5) is 0. The van der Waals surface area contributed by atoms with Crippen LogP contribution < -0.4 is 0 Å². The molecule has 0 fully saturated rings. The fourth-order valence-corrected chi connectivity index (χ4v) is 1.97.